The second-order valence-corrected chi connectivity index (χ2v) is 9.73. The predicted molar refractivity (Wildman–Crippen MR) is 151 cm³/mol. The highest BCUT2D eigenvalue weighted by Crippen LogP contribution is 2.33. The Balaban J connectivity index is 1.46. The van der Waals surface area contributed by atoms with Gasteiger partial charge in [-0.1, -0.05) is 68.4 Å². The van der Waals surface area contributed by atoms with Crippen molar-refractivity contribution in [3.8, 4) is 22.6 Å². The highest BCUT2D eigenvalue weighted by atomic mass is 15.5. The van der Waals surface area contributed by atoms with Crippen LogP contribution in [0.5, 0.6) is 0 Å². The fourth-order valence-electron chi connectivity index (χ4n) is 4.59. The minimum Gasteiger partial charge on any atom is -0.352 e. The summed E-state index contributed by atoms with van der Waals surface area (Å²) in [5, 5.41) is 22.3. The average Bonchev–Trinajstić information content (AvgIpc) is 3.65. The van der Waals surface area contributed by atoms with Gasteiger partial charge in [0.1, 0.15) is 11.6 Å². The molecule has 6 aromatic rings. The summed E-state index contributed by atoms with van der Waals surface area (Å²) in [5.41, 5.74) is 5.46. The molecule has 6 rings (SSSR count). The van der Waals surface area contributed by atoms with Gasteiger partial charge in [0.15, 0.2) is 11.5 Å². The number of pyridine rings is 1. The van der Waals surface area contributed by atoms with E-state index in [-0.39, 0.29) is 0 Å². The first-order valence-electron chi connectivity index (χ1n) is 12.8. The Labute approximate surface area is 225 Å². The number of hydrogen-bond acceptors (Lipinski definition) is 8. The lowest BCUT2D eigenvalue weighted by atomic mass is 10.0. The molecule has 10 heteroatoms. The maximum atomic E-state index is 5.18. The third-order valence-corrected chi connectivity index (χ3v) is 6.27. The number of aromatic amines is 1. The molecule has 0 aliphatic rings. The van der Waals surface area contributed by atoms with E-state index in [4.69, 9.17) is 9.97 Å². The van der Waals surface area contributed by atoms with Crippen molar-refractivity contribution in [1.29, 1.82) is 0 Å². The maximum Gasteiger partial charge on any atom is 0.180 e. The van der Waals surface area contributed by atoms with E-state index in [1.54, 1.807) is 10.7 Å². The van der Waals surface area contributed by atoms with Crippen molar-refractivity contribution in [3.63, 3.8) is 0 Å². The first-order chi connectivity index (χ1) is 19.1. The topological polar surface area (TPSA) is 113 Å². The molecule has 0 aliphatic carbocycles. The van der Waals surface area contributed by atoms with Gasteiger partial charge in [0.05, 0.1) is 11.9 Å². The van der Waals surface area contributed by atoms with E-state index in [9.17, 15) is 0 Å². The van der Waals surface area contributed by atoms with E-state index in [0.29, 0.717) is 11.7 Å². The maximum absolute atomic E-state index is 5.18. The van der Waals surface area contributed by atoms with Gasteiger partial charge in [-0.15, -0.1) is 5.10 Å². The monoisotopic (exact) mass is 516 g/mol. The largest absolute Gasteiger partial charge is 0.352 e. The Hall–Kier alpha value is -5.12. The van der Waals surface area contributed by atoms with Crippen LogP contribution in [0.25, 0.3) is 28.3 Å². The number of tetrazole rings is 1. The number of aromatic nitrogens is 8. The van der Waals surface area contributed by atoms with Crippen molar-refractivity contribution in [2.24, 2.45) is 5.92 Å². The van der Waals surface area contributed by atoms with Crippen LogP contribution in [0.15, 0.2) is 91.3 Å². The molecule has 194 valence electrons. The van der Waals surface area contributed by atoms with Gasteiger partial charge in [0.2, 0.25) is 0 Å². The zero-order valence-corrected chi connectivity index (χ0v) is 21.7. The van der Waals surface area contributed by atoms with Crippen molar-refractivity contribution < 1.29 is 0 Å². The minimum atomic E-state index is 0.439. The van der Waals surface area contributed by atoms with Crippen LogP contribution in [-0.2, 0) is 6.54 Å². The number of fused-ring (bicyclic) bond motifs is 1. The van der Waals surface area contributed by atoms with E-state index in [1.807, 2.05) is 54.7 Å². The number of benzene rings is 2. The lowest BCUT2D eigenvalue weighted by Crippen LogP contribution is -2.28. The highest BCUT2D eigenvalue weighted by Gasteiger charge is 2.17. The molecule has 0 atom stereocenters. The van der Waals surface area contributed by atoms with Crippen LogP contribution in [0, 0.1) is 5.92 Å². The van der Waals surface area contributed by atoms with Crippen LogP contribution in [0.1, 0.15) is 19.4 Å². The van der Waals surface area contributed by atoms with Crippen LogP contribution in [0.4, 0.5) is 17.3 Å². The fourth-order valence-corrected chi connectivity index (χ4v) is 4.59. The van der Waals surface area contributed by atoms with Gasteiger partial charge in [-0.25, -0.2) is 19.6 Å². The van der Waals surface area contributed by atoms with Gasteiger partial charge in [-0.05, 0) is 34.0 Å². The molecule has 4 aromatic heterocycles. The quantitative estimate of drug-likeness (QED) is 0.263. The van der Waals surface area contributed by atoms with Gasteiger partial charge in [-0.3, -0.25) is 0 Å². The Morgan fingerprint density at radius 3 is 2.54 bits per heavy atom. The summed E-state index contributed by atoms with van der Waals surface area (Å²) in [7, 11) is 0. The van der Waals surface area contributed by atoms with Crippen molar-refractivity contribution in [3.05, 3.63) is 96.8 Å². The first kappa shape index (κ1) is 24.2. The van der Waals surface area contributed by atoms with Crippen molar-refractivity contribution >= 4 is 23.0 Å². The molecule has 2 aromatic carbocycles. The molecular formula is C29H28N10. The summed E-state index contributed by atoms with van der Waals surface area (Å²) in [6, 6.07) is 26.4. The van der Waals surface area contributed by atoms with E-state index in [2.05, 4.69) is 80.1 Å². The van der Waals surface area contributed by atoms with Crippen molar-refractivity contribution in [1.82, 2.24) is 40.2 Å². The minimum absolute atomic E-state index is 0.439. The normalized spacial score (nSPS) is 11.3. The molecule has 0 aliphatic heterocycles. The van der Waals surface area contributed by atoms with Gasteiger partial charge >= 0.3 is 0 Å². The molecule has 0 fully saturated rings. The average molecular weight is 517 g/mol. The molecule has 0 saturated carbocycles. The van der Waals surface area contributed by atoms with E-state index in [1.165, 1.54) is 5.56 Å². The fraction of sp³-hybridized carbons (Fsp3) is 0.172. The number of H-pyrrole nitrogens is 1. The van der Waals surface area contributed by atoms with Crippen LogP contribution in [0.3, 0.4) is 0 Å². The van der Waals surface area contributed by atoms with E-state index >= 15 is 0 Å². The summed E-state index contributed by atoms with van der Waals surface area (Å²) >= 11 is 0. The summed E-state index contributed by atoms with van der Waals surface area (Å²) < 4.78 is 1.74. The van der Waals surface area contributed by atoms with Crippen LogP contribution in [0.2, 0.25) is 0 Å². The van der Waals surface area contributed by atoms with E-state index < -0.39 is 0 Å². The molecule has 4 heterocycles. The van der Waals surface area contributed by atoms with Crippen molar-refractivity contribution in [2.45, 2.75) is 20.4 Å². The van der Waals surface area contributed by atoms with Crippen molar-refractivity contribution in [2.75, 3.05) is 16.8 Å². The molecule has 10 nitrogen and oxygen atoms in total. The Morgan fingerprint density at radius 1 is 0.923 bits per heavy atom. The third kappa shape index (κ3) is 5.45. The molecule has 0 unspecified atom stereocenters. The smallest absolute Gasteiger partial charge is 0.180 e. The molecule has 39 heavy (non-hydrogen) atoms. The Morgan fingerprint density at radius 2 is 1.74 bits per heavy atom. The molecule has 0 bridgehead atoms. The Kier molecular flexibility index (Phi) is 6.65. The molecule has 2 N–H and O–H groups in total. The zero-order valence-electron chi connectivity index (χ0n) is 21.7. The highest BCUT2D eigenvalue weighted by molar-refractivity contribution is 5.81. The first-order valence-corrected chi connectivity index (χ1v) is 12.8. The third-order valence-electron chi connectivity index (χ3n) is 6.27. The lowest BCUT2D eigenvalue weighted by Gasteiger charge is -2.27. The predicted octanol–water partition coefficient (Wildman–Crippen LogP) is 5.38. The summed E-state index contributed by atoms with van der Waals surface area (Å²) in [6.07, 6.45) is 3.62. The SMILES string of the molecule is CC(C)CN(Cc1ccccc1)c1cc(Nc2ccn3nccc3n2)cc(-c2ccccc2-c2nnn[nH]2)n1. The number of nitrogens with one attached hydrogen (secondary N) is 2. The van der Waals surface area contributed by atoms with Crippen LogP contribution < -0.4 is 10.2 Å². The number of rotatable bonds is 9. The number of hydrogen-bond donors (Lipinski definition) is 2. The lowest BCUT2D eigenvalue weighted by molar-refractivity contribution is 0.605. The summed E-state index contributed by atoms with van der Waals surface area (Å²) in [6.45, 7) is 6.02. The standard InChI is InChI=1S/C29H28N10/c1-20(2)18-38(19-21-8-4-3-5-9-21)28-17-22(31-26-13-15-39-27(33-26)12-14-30-39)16-25(32-28)23-10-6-7-11-24(23)29-34-36-37-35-29/h3-17,20H,18-19H2,1-2H3,(H,31,32,33)(H,34,35,36,37). The summed E-state index contributed by atoms with van der Waals surface area (Å²) in [5.74, 6) is 2.61. The molecular weight excluding hydrogens is 488 g/mol. The second-order valence-electron chi connectivity index (χ2n) is 9.73. The van der Waals surface area contributed by atoms with E-state index in [0.717, 1.165) is 52.9 Å². The van der Waals surface area contributed by atoms with Crippen LogP contribution in [-0.4, -0.2) is 46.8 Å². The molecule has 0 amide bonds. The second kappa shape index (κ2) is 10.7. The Bertz CT molecular complexity index is 1680. The number of nitrogens with zero attached hydrogens (tertiary/aromatic N) is 8. The van der Waals surface area contributed by atoms with Gasteiger partial charge in [-0.2, -0.15) is 5.10 Å². The van der Waals surface area contributed by atoms with Gasteiger partial charge < -0.3 is 10.2 Å². The van der Waals surface area contributed by atoms with Crippen LogP contribution >= 0.6 is 0 Å². The molecule has 0 radical (unpaired) electrons. The van der Waals surface area contributed by atoms with Gasteiger partial charge in [0.25, 0.3) is 0 Å². The zero-order chi connectivity index (χ0) is 26.6. The molecule has 0 spiro atoms. The number of anilines is 3. The molecule has 0 saturated heterocycles. The summed E-state index contributed by atoms with van der Waals surface area (Å²) in [4.78, 5) is 12.2. The van der Waals surface area contributed by atoms with Gasteiger partial charge in [0, 0.05) is 48.2 Å².